The minimum absolute atomic E-state index is 0.254. The van der Waals surface area contributed by atoms with Crippen LogP contribution in [0.3, 0.4) is 0 Å². The minimum Gasteiger partial charge on any atom is -0.481 e. The fourth-order valence-corrected chi connectivity index (χ4v) is 2.29. The Morgan fingerprint density at radius 2 is 1.90 bits per heavy atom. The lowest BCUT2D eigenvalue weighted by Gasteiger charge is -2.08. The fourth-order valence-electron chi connectivity index (χ4n) is 2.29. The zero-order valence-electron chi connectivity index (χ0n) is 12.3. The Labute approximate surface area is 120 Å². The Morgan fingerprint density at radius 3 is 2.48 bits per heavy atom. The Balaban J connectivity index is 2.80. The summed E-state index contributed by atoms with van der Waals surface area (Å²) in [5.41, 5.74) is -0.380. The molecule has 0 spiro atoms. The lowest BCUT2D eigenvalue weighted by Crippen LogP contribution is -2.38. The minimum atomic E-state index is -1.03. The number of aryl methyl sites for hydroxylation is 2. The monoisotopic (exact) mass is 294 g/mol. The first kappa shape index (κ1) is 15.0. The standard InChI is InChI=1S/C13H18N4O4/c1-4-5-6-17-11-10(12(20)16(3)13(17)21)15(2)8(14-11)7-9(18)19/h4-7H2,1-3H3,(H,18,19). The zero-order valence-corrected chi connectivity index (χ0v) is 12.3. The van der Waals surface area contributed by atoms with Gasteiger partial charge < -0.3 is 9.67 Å². The van der Waals surface area contributed by atoms with Crippen molar-refractivity contribution < 1.29 is 9.90 Å². The third-order valence-electron chi connectivity index (χ3n) is 3.49. The van der Waals surface area contributed by atoms with Gasteiger partial charge in [0.05, 0.1) is 0 Å². The molecule has 0 amide bonds. The highest BCUT2D eigenvalue weighted by atomic mass is 16.4. The van der Waals surface area contributed by atoms with Crippen molar-refractivity contribution in [2.75, 3.05) is 0 Å². The Bertz CT molecular complexity index is 812. The van der Waals surface area contributed by atoms with Crippen molar-refractivity contribution in [3.8, 4) is 0 Å². The average Bonchev–Trinajstić information content (AvgIpc) is 2.73. The van der Waals surface area contributed by atoms with Crippen LogP contribution in [0.1, 0.15) is 25.6 Å². The van der Waals surface area contributed by atoms with Crippen LogP contribution >= 0.6 is 0 Å². The van der Waals surface area contributed by atoms with Crippen LogP contribution in [0.15, 0.2) is 9.59 Å². The first-order chi connectivity index (χ1) is 9.88. The summed E-state index contributed by atoms with van der Waals surface area (Å²) in [6, 6.07) is 0. The molecule has 0 aliphatic heterocycles. The van der Waals surface area contributed by atoms with Gasteiger partial charge in [-0.1, -0.05) is 13.3 Å². The first-order valence-corrected chi connectivity index (χ1v) is 6.75. The van der Waals surface area contributed by atoms with Crippen molar-refractivity contribution in [1.82, 2.24) is 18.7 Å². The highest BCUT2D eigenvalue weighted by Gasteiger charge is 2.19. The molecule has 8 heteroatoms. The summed E-state index contributed by atoms with van der Waals surface area (Å²) in [7, 11) is 3.00. The van der Waals surface area contributed by atoms with Gasteiger partial charge in [-0.05, 0) is 6.42 Å². The Kier molecular flexibility index (Phi) is 3.97. The van der Waals surface area contributed by atoms with Crippen LogP contribution in [0.4, 0.5) is 0 Å². The summed E-state index contributed by atoms with van der Waals surface area (Å²) in [6.07, 6.45) is 1.37. The molecular weight excluding hydrogens is 276 g/mol. The summed E-state index contributed by atoms with van der Waals surface area (Å²) < 4.78 is 3.92. The Hall–Kier alpha value is -2.38. The van der Waals surface area contributed by atoms with Gasteiger partial charge in [0.1, 0.15) is 12.2 Å². The number of nitrogens with zero attached hydrogens (tertiary/aromatic N) is 4. The molecule has 114 valence electrons. The molecule has 0 aliphatic carbocycles. The van der Waals surface area contributed by atoms with Crippen LogP contribution in [-0.4, -0.2) is 29.8 Å². The third-order valence-corrected chi connectivity index (χ3v) is 3.49. The van der Waals surface area contributed by atoms with Gasteiger partial charge in [0.15, 0.2) is 11.2 Å². The van der Waals surface area contributed by atoms with Crippen molar-refractivity contribution >= 4 is 17.1 Å². The highest BCUT2D eigenvalue weighted by molar-refractivity contribution is 5.74. The van der Waals surface area contributed by atoms with Crippen molar-refractivity contribution in [3.63, 3.8) is 0 Å². The molecule has 2 aromatic rings. The van der Waals surface area contributed by atoms with Crippen LogP contribution in [0.2, 0.25) is 0 Å². The number of fused-ring (bicyclic) bond motifs is 1. The third kappa shape index (κ3) is 2.48. The van der Waals surface area contributed by atoms with Crippen molar-refractivity contribution in [1.29, 1.82) is 0 Å². The lowest BCUT2D eigenvalue weighted by molar-refractivity contribution is -0.136. The summed E-state index contributed by atoms with van der Waals surface area (Å²) in [5.74, 6) is -0.780. The molecule has 0 aliphatic rings. The van der Waals surface area contributed by atoms with Crippen molar-refractivity contribution in [2.45, 2.75) is 32.7 Å². The second-order valence-electron chi connectivity index (χ2n) is 4.98. The number of aromatic nitrogens is 4. The summed E-state index contributed by atoms with van der Waals surface area (Å²) >= 11 is 0. The fraction of sp³-hybridized carbons (Fsp3) is 0.538. The molecule has 0 radical (unpaired) electrons. The highest BCUT2D eigenvalue weighted by Crippen LogP contribution is 2.11. The molecule has 0 saturated heterocycles. The SMILES string of the molecule is CCCCn1c(=O)n(C)c(=O)c2c1nc(CC(=O)O)n2C. The van der Waals surface area contributed by atoms with E-state index in [4.69, 9.17) is 5.11 Å². The van der Waals surface area contributed by atoms with Crippen LogP contribution in [-0.2, 0) is 31.9 Å². The molecule has 2 aromatic heterocycles. The van der Waals surface area contributed by atoms with Gasteiger partial charge in [0, 0.05) is 20.6 Å². The molecule has 1 N–H and O–H groups in total. The molecule has 2 rings (SSSR count). The second-order valence-corrected chi connectivity index (χ2v) is 4.98. The predicted molar refractivity (Wildman–Crippen MR) is 76.5 cm³/mol. The van der Waals surface area contributed by atoms with Crippen LogP contribution < -0.4 is 11.2 Å². The number of carbonyl (C=O) groups is 1. The van der Waals surface area contributed by atoms with Gasteiger partial charge in [-0.2, -0.15) is 0 Å². The van der Waals surface area contributed by atoms with E-state index in [2.05, 4.69) is 4.98 Å². The molecule has 21 heavy (non-hydrogen) atoms. The summed E-state index contributed by atoms with van der Waals surface area (Å²) in [4.78, 5) is 39.5. The largest absolute Gasteiger partial charge is 0.481 e. The zero-order chi connectivity index (χ0) is 15.7. The lowest BCUT2D eigenvalue weighted by atomic mass is 10.3. The van der Waals surface area contributed by atoms with E-state index in [9.17, 15) is 14.4 Å². The second kappa shape index (κ2) is 5.55. The van der Waals surface area contributed by atoms with Gasteiger partial charge in [-0.25, -0.2) is 9.78 Å². The van der Waals surface area contributed by atoms with Crippen LogP contribution in [0, 0.1) is 0 Å². The molecule has 0 aromatic carbocycles. The average molecular weight is 294 g/mol. The number of imidazole rings is 1. The number of unbranched alkanes of at least 4 members (excludes halogenated alkanes) is 1. The van der Waals surface area contributed by atoms with E-state index in [0.717, 1.165) is 17.4 Å². The molecule has 0 fully saturated rings. The number of rotatable bonds is 5. The molecule has 8 nitrogen and oxygen atoms in total. The van der Waals surface area contributed by atoms with E-state index >= 15 is 0 Å². The maximum absolute atomic E-state index is 12.2. The predicted octanol–water partition coefficient (Wildman–Crippen LogP) is -0.139. The van der Waals surface area contributed by atoms with E-state index in [1.165, 1.54) is 16.2 Å². The van der Waals surface area contributed by atoms with Crippen molar-refractivity contribution in [2.24, 2.45) is 14.1 Å². The first-order valence-electron chi connectivity index (χ1n) is 6.75. The smallest absolute Gasteiger partial charge is 0.332 e. The van der Waals surface area contributed by atoms with Gasteiger partial charge in [-0.3, -0.25) is 18.7 Å². The molecule has 2 heterocycles. The van der Waals surface area contributed by atoms with E-state index in [1.54, 1.807) is 7.05 Å². The summed E-state index contributed by atoms with van der Waals surface area (Å²) in [6.45, 7) is 2.45. The quantitative estimate of drug-likeness (QED) is 0.827. The number of carboxylic acids is 1. The van der Waals surface area contributed by atoms with Crippen LogP contribution in [0.25, 0.3) is 11.2 Å². The van der Waals surface area contributed by atoms with E-state index in [1.807, 2.05) is 6.92 Å². The molecular formula is C13H18N4O4. The maximum Gasteiger partial charge on any atom is 0.332 e. The van der Waals surface area contributed by atoms with Crippen molar-refractivity contribution in [3.05, 3.63) is 26.7 Å². The van der Waals surface area contributed by atoms with Gasteiger partial charge in [0.25, 0.3) is 5.56 Å². The van der Waals surface area contributed by atoms with E-state index < -0.39 is 17.2 Å². The van der Waals surface area contributed by atoms with E-state index in [0.29, 0.717) is 6.54 Å². The van der Waals surface area contributed by atoms with Gasteiger partial charge in [-0.15, -0.1) is 0 Å². The number of carboxylic acid groups (broad SMARTS) is 1. The molecule has 0 atom stereocenters. The van der Waals surface area contributed by atoms with Crippen LogP contribution in [0.5, 0.6) is 0 Å². The Morgan fingerprint density at radius 1 is 1.24 bits per heavy atom. The summed E-state index contributed by atoms with van der Waals surface area (Å²) in [5, 5.41) is 8.90. The molecule has 0 unspecified atom stereocenters. The van der Waals surface area contributed by atoms with Gasteiger partial charge >= 0.3 is 11.7 Å². The molecule has 0 bridgehead atoms. The maximum atomic E-state index is 12.2. The number of aliphatic carboxylic acids is 1. The topological polar surface area (TPSA) is 99.1 Å². The van der Waals surface area contributed by atoms with Gasteiger partial charge in [0.2, 0.25) is 0 Å². The normalized spacial score (nSPS) is 11.2. The molecule has 0 saturated carbocycles. The number of hydrogen-bond acceptors (Lipinski definition) is 4. The number of hydrogen-bond donors (Lipinski definition) is 1. The van der Waals surface area contributed by atoms with E-state index in [-0.39, 0.29) is 23.4 Å².